The average molecular weight is 230 g/mol. The number of carbonyl (C=O) groups is 2. The van der Waals surface area contributed by atoms with Crippen molar-refractivity contribution in [3.63, 3.8) is 0 Å². The van der Waals surface area contributed by atoms with Crippen LogP contribution in [0.3, 0.4) is 0 Å². The smallest absolute Gasteiger partial charge is 0.326 e. The van der Waals surface area contributed by atoms with Crippen LogP contribution in [-0.4, -0.2) is 34.5 Å². The number of hydrogen-bond acceptors (Lipinski definition) is 4. The Morgan fingerprint density at radius 3 is 2.73 bits per heavy atom. The summed E-state index contributed by atoms with van der Waals surface area (Å²) in [5.74, 6) is -0.994. The van der Waals surface area contributed by atoms with Crippen LogP contribution in [0.5, 0.6) is 0 Å². The molecule has 0 saturated heterocycles. The van der Waals surface area contributed by atoms with E-state index in [9.17, 15) is 9.59 Å². The summed E-state index contributed by atoms with van der Waals surface area (Å²) in [5, 5.41) is 19.4. The number of nitrogens with one attached hydrogen (secondary N) is 1. The van der Waals surface area contributed by atoms with Gasteiger partial charge in [0.1, 0.15) is 6.04 Å². The summed E-state index contributed by atoms with van der Waals surface area (Å²) in [6.07, 6.45) is 1.12. The lowest BCUT2D eigenvalue weighted by atomic mass is 10.2. The number of thioether (sulfide) groups is 1. The molecule has 0 aliphatic rings. The van der Waals surface area contributed by atoms with Gasteiger partial charge in [0, 0.05) is 0 Å². The molecule has 15 heavy (non-hydrogen) atoms. The number of aliphatic carboxylic acids is 1. The zero-order chi connectivity index (χ0) is 11.7. The second-order valence-electron chi connectivity index (χ2n) is 2.90. The van der Waals surface area contributed by atoms with Crippen LogP contribution in [0.2, 0.25) is 0 Å². The van der Waals surface area contributed by atoms with Crippen LogP contribution in [0, 0.1) is 11.3 Å². The molecule has 0 fully saturated rings. The summed E-state index contributed by atoms with van der Waals surface area (Å²) in [4.78, 5) is 21.9. The fourth-order valence-electron chi connectivity index (χ4n) is 0.971. The van der Waals surface area contributed by atoms with E-state index in [-0.39, 0.29) is 17.4 Å². The zero-order valence-corrected chi connectivity index (χ0v) is 9.34. The van der Waals surface area contributed by atoms with Gasteiger partial charge in [-0.3, -0.25) is 4.79 Å². The molecule has 0 aromatic rings. The van der Waals surface area contributed by atoms with Gasteiger partial charge in [-0.1, -0.05) is 13.3 Å². The Morgan fingerprint density at radius 2 is 2.27 bits per heavy atom. The molecule has 6 heteroatoms. The molecule has 0 saturated carbocycles. The maximum Gasteiger partial charge on any atom is 0.326 e. The van der Waals surface area contributed by atoms with Crippen LogP contribution in [-0.2, 0) is 9.59 Å². The first-order valence-electron chi connectivity index (χ1n) is 4.58. The number of nitriles is 1. The van der Waals surface area contributed by atoms with Gasteiger partial charge in [-0.25, -0.2) is 4.79 Å². The van der Waals surface area contributed by atoms with Crippen molar-refractivity contribution >= 4 is 23.6 Å². The summed E-state index contributed by atoms with van der Waals surface area (Å²) in [7, 11) is 0. The highest BCUT2D eigenvalue weighted by atomic mass is 32.2. The second kappa shape index (κ2) is 8.12. The first-order chi connectivity index (χ1) is 7.11. The van der Waals surface area contributed by atoms with Gasteiger partial charge >= 0.3 is 5.97 Å². The van der Waals surface area contributed by atoms with Crippen LogP contribution in [0.25, 0.3) is 0 Å². The summed E-state index contributed by atoms with van der Waals surface area (Å²) >= 11 is 1.17. The molecule has 0 aliphatic heterocycles. The molecule has 2 N–H and O–H groups in total. The topological polar surface area (TPSA) is 90.2 Å². The Balaban J connectivity index is 3.90. The fourth-order valence-corrected chi connectivity index (χ4v) is 1.43. The fraction of sp³-hybridized carbons (Fsp3) is 0.667. The van der Waals surface area contributed by atoms with E-state index in [1.54, 1.807) is 0 Å². The van der Waals surface area contributed by atoms with Crippen molar-refractivity contribution in [2.24, 2.45) is 0 Å². The maximum absolute atomic E-state index is 11.2. The Labute approximate surface area is 92.8 Å². The van der Waals surface area contributed by atoms with Gasteiger partial charge in [0.25, 0.3) is 0 Å². The summed E-state index contributed by atoms with van der Waals surface area (Å²) in [6.45, 7) is 1.85. The largest absolute Gasteiger partial charge is 0.480 e. The quantitative estimate of drug-likeness (QED) is 0.625. The predicted molar refractivity (Wildman–Crippen MR) is 57.4 cm³/mol. The van der Waals surface area contributed by atoms with Crippen molar-refractivity contribution in [3.05, 3.63) is 0 Å². The first-order valence-corrected chi connectivity index (χ1v) is 5.74. The molecule has 84 valence electrons. The van der Waals surface area contributed by atoms with Crippen LogP contribution in [0.15, 0.2) is 0 Å². The van der Waals surface area contributed by atoms with E-state index in [1.807, 2.05) is 13.0 Å². The molecule has 0 unspecified atom stereocenters. The number of rotatable bonds is 7. The Hall–Kier alpha value is -1.22. The number of amides is 1. The summed E-state index contributed by atoms with van der Waals surface area (Å²) < 4.78 is 0. The zero-order valence-electron chi connectivity index (χ0n) is 8.52. The lowest BCUT2D eigenvalue weighted by Gasteiger charge is -2.12. The van der Waals surface area contributed by atoms with Gasteiger partial charge in [-0.15, -0.1) is 11.8 Å². The Bertz CT molecular complexity index is 263. The molecule has 1 amide bonds. The Morgan fingerprint density at radius 1 is 1.60 bits per heavy atom. The minimum absolute atomic E-state index is 0.126. The van der Waals surface area contributed by atoms with Crippen LogP contribution in [0.4, 0.5) is 0 Å². The third-order valence-electron chi connectivity index (χ3n) is 1.61. The van der Waals surface area contributed by atoms with Crippen molar-refractivity contribution in [3.8, 4) is 6.07 Å². The van der Waals surface area contributed by atoms with E-state index in [0.717, 1.165) is 0 Å². The van der Waals surface area contributed by atoms with E-state index in [4.69, 9.17) is 10.4 Å². The van der Waals surface area contributed by atoms with Crippen molar-refractivity contribution in [2.45, 2.75) is 25.8 Å². The predicted octanol–water partition coefficient (Wildman–Crippen LogP) is 0.613. The highest BCUT2D eigenvalue weighted by molar-refractivity contribution is 8.00. The molecular formula is C9H14N2O3S. The third-order valence-corrected chi connectivity index (χ3v) is 2.41. The molecule has 0 aromatic carbocycles. The lowest BCUT2D eigenvalue weighted by molar-refractivity contribution is -0.141. The van der Waals surface area contributed by atoms with E-state index in [2.05, 4.69) is 5.32 Å². The lowest BCUT2D eigenvalue weighted by Crippen LogP contribution is -2.41. The number of hydrogen-bond donors (Lipinski definition) is 2. The van der Waals surface area contributed by atoms with Gasteiger partial charge in [-0.05, 0) is 6.42 Å². The van der Waals surface area contributed by atoms with E-state index < -0.39 is 12.0 Å². The molecule has 0 rings (SSSR count). The molecule has 0 aromatic heterocycles. The van der Waals surface area contributed by atoms with E-state index >= 15 is 0 Å². The monoisotopic (exact) mass is 230 g/mol. The van der Waals surface area contributed by atoms with Crippen molar-refractivity contribution in [2.75, 3.05) is 11.5 Å². The molecule has 0 spiro atoms. The van der Waals surface area contributed by atoms with Gasteiger partial charge in [0.2, 0.25) is 5.91 Å². The number of carboxylic acid groups (broad SMARTS) is 1. The van der Waals surface area contributed by atoms with Crippen LogP contribution < -0.4 is 5.32 Å². The van der Waals surface area contributed by atoms with Crippen LogP contribution >= 0.6 is 11.8 Å². The average Bonchev–Trinajstić information content (AvgIpc) is 2.17. The number of nitrogens with zero attached hydrogens (tertiary/aromatic N) is 1. The van der Waals surface area contributed by atoms with Gasteiger partial charge in [0.05, 0.1) is 17.6 Å². The molecule has 5 nitrogen and oxygen atoms in total. The van der Waals surface area contributed by atoms with Crippen molar-refractivity contribution in [1.29, 1.82) is 5.26 Å². The third kappa shape index (κ3) is 6.80. The van der Waals surface area contributed by atoms with Crippen molar-refractivity contribution in [1.82, 2.24) is 5.32 Å². The van der Waals surface area contributed by atoms with Gasteiger partial charge in [0.15, 0.2) is 0 Å². The maximum atomic E-state index is 11.2. The van der Waals surface area contributed by atoms with Crippen molar-refractivity contribution < 1.29 is 14.7 Å². The Kier molecular flexibility index (Phi) is 7.46. The van der Waals surface area contributed by atoms with Crippen LogP contribution in [0.1, 0.15) is 19.8 Å². The molecule has 0 radical (unpaired) electrons. The highest BCUT2D eigenvalue weighted by Crippen LogP contribution is 2.00. The second-order valence-corrected chi connectivity index (χ2v) is 3.88. The minimum Gasteiger partial charge on any atom is -0.480 e. The SMILES string of the molecule is CCC[C@@H](NC(=O)CSCC#N)C(=O)O. The normalized spacial score (nSPS) is 11.5. The minimum atomic E-state index is -1.02. The van der Waals surface area contributed by atoms with Gasteiger partial charge in [-0.2, -0.15) is 5.26 Å². The molecule has 1 atom stereocenters. The first kappa shape index (κ1) is 13.8. The molecule has 0 heterocycles. The number of carbonyl (C=O) groups excluding carboxylic acids is 1. The van der Waals surface area contributed by atoms with Gasteiger partial charge < -0.3 is 10.4 Å². The van der Waals surface area contributed by atoms with E-state index in [0.29, 0.717) is 12.8 Å². The molecular weight excluding hydrogens is 216 g/mol. The summed E-state index contributed by atoms with van der Waals surface area (Å²) in [6, 6.07) is 1.08. The highest BCUT2D eigenvalue weighted by Gasteiger charge is 2.18. The van der Waals surface area contributed by atoms with E-state index in [1.165, 1.54) is 11.8 Å². The number of carboxylic acids is 1. The molecule has 0 bridgehead atoms. The molecule has 0 aliphatic carbocycles. The summed E-state index contributed by atoms with van der Waals surface area (Å²) in [5.41, 5.74) is 0. The standard InChI is InChI=1S/C9H14N2O3S/c1-2-3-7(9(13)14)11-8(12)6-15-5-4-10/h7H,2-3,5-6H2,1H3,(H,11,12)(H,13,14)/t7-/m1/s1.